The molecule has 0 spiro atoms. The number of carbonyl (C=O) groups excluding carboxylic acids is 1. The zero-order chi connectivity index (χ0) is 15.6. The lowest BCUT2D eigenvalue weighted by atomic mass is 9.86. The van der Waals surface area contributed by atoms with Crippen molar-refractivity contribution in [1.82, 2.24) is 15.3 Å². The summed E-state index contributed by atoms with van der Waals surface area (Å²) in [5.41, 5.74) is 1.05. The summed E-state index contributed by atoms with van der Waals surface area (Å²) in [6, 6.07) is 3.92. The molecule has 0 saturated heterocycles. The maximum atomic E-state index is 12.2. The van der Waals surface area contributed by atoms with E-state index >= 15 is 0 Å². The predicted molar refractivity (Wildman–Crippen MR) is 77.9 cm³/mol. The fourth-order valence-electron chi connectivity index (χ4n) is 1.97. The number of carbonyl (C=O) groups is 2. The van der Waals surface area contributed by atoms with Crippen molar-refractivity contribution in [3.63, 3.8) is 0 Å². The number of nitrogens with zero attached hydrogens (tertiary/aromatic N) is 2. The van der Waals surface area contributed by atoms with Crippen LogP contribution in [0.3, 0.4) is 0 Å². The summed E-state index contributed by atoms with van der Waals surface area (Å²) in [6.45, 7) is 5.29. The minimum atomic E-state index is -1.06. The van der Waals surface area contributed by atoms with Crippen LogP contribution in [0.4, 0.5) is 0 Å². The summed E-state index contributed by atoms with van der Waals surface area (Å²) in [5.74, 6) is -1.50. The Kier molecular flexibility index (Phi) is 3.88. The van der Waals surface area contributed by atoms with E-state index in [-0.39, 0.29) is 0 Å². The number of aromatic nitrogens is 2. The van der Waals surface area contributed by atoms with E-state index in [0.29, 0.717) is 16.6 Å². The molecule has 1 atom stereocenters. The van der Waals surface area contributed by atoms with E-state index in [4.69, 9.17) is 0 Å². The number of carboxylic acid groups (broad SMARTS) is 1. The number of hydrogen-bond acceptors (Lipinski definition) is 4. The Morgan fingerprint density at radius 2 is 1.76 bits per heavy atom. The molecule has 1 heterocycles. The minimum absolute atomic E-state index is 0.360. The average molecular weight is 287 g/mol. The third-order valence-electron chi connectivity index (χ3n) is 3.12. The second-order valence-corrected chi connectivity index (χ2v) is 5.87. The zero-order valence-corrected chi connectivity index (χ0v) is 12.1. The molecule has 0 saturated carbocycles. The number of hydrogen-bond donors (Lipinski definition) is 2. The van der Waals surface area contributed by atoms with Crippen molar-refractivity contribution in [2.75, 3.05) is 0 Å². The number of rotatable bonds is 3. The van der Waals surface area contributed by atoms with Crippen molar-refractivity contribution >= 4 is 22.9 Å². The smallest absolute Gasteiger partial charge is 0.326 e. The maximum absolute atomic E-state index is 12.2. The van der Waals surface area contributed by atoms with Crippen molar-refractivity contribution in [3.8, 4) is 0 Å². The molecule has 0 unspecified atom stereocenters. The predicted octanol–water partition coefficient (Wildman–Crippen LogP) is 1.86. The van der Waals surface area contributed by atoms with E-state index in [0.717, 1.165) is 0 Å². The minimum Gasteiger partial charge on any atom is -0.480 e. The van der Waals surface area contributed by atoms with Gasteiger partial charge >= 0.3 is 5.97 Å². The van der Waals surface area contributed by atoms with Crippen LogP contribution >= 0.6 is 0 Å². The molecule has 21 heavy (non-hydrogen) atoms. The quantitative estimate of drug-likeness (QED) is 0.899. The highest BCUT2D eigenvalue weighted by Gasteiger charge is 2.32. The fraction of sp³-hybridized carbons (Fsp3) is 0.333. The Morgan fingerprint density at radius 1 is 1.14 bits per heavy atom. The van der Waals surface area contributed by atoms with Crippen molar-refractivity contribution in [2.45, 2.75) is 26.8 Å². The molecule has 0 radical (unpaired) electrons. The first-order valence-corrected chi connectivity index (χ1v) is 6.53. The summed E-state index contributed by atoms with van der Waals surface area (Å²) in [7, 11) is 0. The fourth-order valence-corrected chi connectivity index (χ4v) is 1.97. The van der Waals surface area contributed by atoms with E-state index in [1.54, 1.807) is 51.4 Å². The van der Waals surface area contributed by atoms with Gasteiger partial charge in [0, 0.05) is 18.0 Å². The Bertz CT molecular complexity index is 692. The van der Waals surface area contributed by atoms with Crippen LogP contribution in [-0.2, 0) is 4.79 Å². The monoisotopic (exact) mass is 287 g/mol. The van der Waals surface area contributed by atoms with Crippen LogP contribution in [0.2, 0.25) is 0 Å². The van der Waals surface area contributed by atoms with Gasteiger partial charge in [-0.3, -0.25) is 14.8 Å². The standard InChI is InChI=1S/C15H17N3O3/c1-15(2,3)12(14(20)21)18-13(19)9-4-5-10-11(8-9)17-7-6-16-10/h4-8,12H,1-3H3,(H,18,19)(H,20,21)/t12-/m0/s1. The molecule has 2 N–H and O–H groups in total. The van der Waals surface area contributed by atoms with Gasteiger partial charge in [0.05, 0.1) is 11.0 Å². The summed E-state index contributed by atoms with van der Waals surface area (Å²) in [6.07, 6.45) is 3.11. The second kappa shape index (κ2) is 5.47. The van der Waals surface area contributed by atoms with Crippen LogP contribution in [0.5, 0.6) is 0 Å². The van der Waals surface area contributed by atoms with Gasteiger partial charge < -0.3 is 10.4 Å². The van der Waals surface area contributed by atoms with Gasteiger partial charge in [-0.05, 0) is 23.6 Å². The van der Waals surface area contributed by atoms with Gasteiger partial charge in [0.2, 0.25) is 0 Å². The van der Waals surface area contributed by atoms with Gasteiger partial charge in [0.1, 0.15) is 6.04 Å². The zero-order valence-electron chi connectivity index (χ0n) is 12.1. The number of aliphatic carboxylic acids is 1. The first-order chi connectivity index (χ1) is 9.79. The van der Waals surface area contributed by atoms with Gasteiger partial charge in [0.15, 0.2) is 0 Å². The summed E-state index contributed by atoms with van der Waals surface area (Å²) >= 11 is 0. The Labute approximate surface area is 122 Å². The highest BCUT2D eigenvalue weighted by molar-refractivity contribution is 5.99. The highest BCUT2D eigenvalue weighted by atomic mass is 16.4. The third kappa shape index (κ3) is 3.34. The van der Waals surface area contributed by atoms with Crippen molar-refractivity contribution in [3.05, 3.63) is 36.2 Å². The van der Waals surface area contributed by atoms with Gasteiger partial charge in [-0.25, -0.2) is 4.79 Å². The van der Waals surface area contributed by atoms with Crippen molar-refractivity contribution in [2.24, 2.45) is 5.41 Å². The average Bonchev–Trinajstić information content (AvgIpc) is 2.42. The number of fused-ring (bicyclic) bond motifs is 1. The topological polar surface area (TPSA) is 92.2 Å². The summed E-state index contributed by atoms with van der Waals surface area (Å²) in [5, 5.41) is 11.8. The SMILES string of the molecule is CC(C)(C)[C@@H](NC(=O)c1ccc2nccnc2c1)C(=O)O. The molecule has 0 aliphatic carbocycles. The molecule has 6 nitrogen and oxygen atoms in total. The van der Waals surface area contributed by atoms with Gasteiger partial charge in [0.25, 0.3) is 5.91 Å². The summed E-state index contributed by atoms with van der Waals surface area (Å²) < 4.78 is 0. The molecule has 2 aromatic rings. The Morgan fingerprint density at radius 3 is 2.33 bits per heavy atom. The van der Waals surface area contributed by atoms with Gasteiger partial charge in [-0.2, -0.15) is 0 Å². The molecule has 0 aliphatic rings. The number of amides is 1. The Hall–Kier alpha value is -2.50. The van der Waals surface area contributed by atoms with Crippen molar-refractivity contribution < 1.29 is 14.7 Å². The van der Waals surface area contributed by atoms with Crippen LogP contribution in [0.25, 0.3) is 11.0 Å². The van der Waals surface area contributed by atoms with E-state index < -0.39 is 23.3 Å². The van der Waals surface area contributed by atoms with Crippen LogP contribution in [0.15, 0.2) is 30.6 Å². The summed E-state index contributed by atoms with van der Waals surface area (Å²) in [4.78, 5) is 31.8. The maximum Gasteiger partial charge on any atom is 0.326 e. The van der Waals surface area contributed by atoms with Crippen LogP contribution < -0.4 is 5.32 Å². The molecule has 0 aliphatic heterocycles. The third-order valence-corrected chi connectivity index (χ3v) is 3.12. The lowest BCUT2D eigenvalue weighted by Gasteiger charge is -2.27. The number of nitrogens with one attached hydrogen (secondary N) is 1. The molecule has 0 fully saturated rings. The van der Waals surface area contributed by atoms with Crippen LogP contribution in [0.1, 0.15) is 31.1 Å². The van der Waals surface area contributed by atoms with Crippen LogP contribution in [-0.4, -0.2) is 33.0 Å². The number of carboxylic acids is 1. The lowest BCUT2D eigenvalue weighted by Crippen LogP contribution is -2.49. The number of benzene rings is 1. The molecular weight excluding hydrogens is 270 g/mol. The first-order valence-electron chi connectivity index (χ1n) is 6.53. The largest absolute Gasteiger partial charge is 0.480 e. The molecule has 110 valence electrons. The van der Waals surface area contributed by atoms with Crippen LogP contribution in [0, 0.1) is 5.41 Å². The van der Waals surface area contributed by atoms with E-state index in [1.807, 2.05) is 0 Å². The molecule has 1 aromatic heterocycles. The lowest BCUT2D eigenvalue weighted by molar-refractivity contribution is -0.142. The molecule has 6 heteroatoms. The molecular formula is C15H17N3O3. The van der Waals surface area contributed by atoms with E-state index in [1.165, 1.54) is 0 Å². The first kappa shape index (κ1) is 14.9. The molecule has 2 rings (SSSR count). The molecule has 0 bridgehead atoms. The highest BCUT2D eigenvalue weighted by Crippen LogP contribution is 2.20. The van der Waals surface area contributed by atoms with Gasteiger partial charge in [-0.1, -0.05) is 20.8 Å². The van der Waals surface area contributed by atoms with E-state index in [2.05, 4.69) is 15.3 Å². The van der Waals surface area contributed by atoms with E-state index in [9.17, 15) is 14.7 Å². The molecule has 1 amide bonds. The Balaban J connectivity index is 2.27. The van der Waals surface area contributed by atoms with Crippen molar-refractivity contribution in [1.29, 1.82) is 0 Å². The van der Waals surface area contributed by atoms with Gasteiger partial charge in [-0.15, -0.1) is 0 Å². The second-order valence-electron chi connectivity index (χ2n) is 5.87. The molecule has 1 aromatic carbocycles. The normalized spacial score (nSPS) is 12.9.